The number of aromatic nitrogens is 10. The number of tetrazole rings is 1. The molecule has 4 aromatic heterocycles. The average molecular weight is 701 g/mol. The summed E-state index contributed by atoms with van der Waals surface area (Å²) in [5.41, 5.74) is 2.43. The van der Waals surface area contributed by atoms with Gasteiger partial charge >= 0.3 is 0 Å². The fourth-order valence-corrected chi connectivity index (χ4v) is 7.68. The van der Waals surface area contributed by atoms with Crippen molar-refractivity contribution in [1.82, 2.24) is 54.6 Å². The summed E-state index contributed by atoms with van der Waals surface area (Å²) < 4.78 is 23.7. The van der Waals surface area contributed by atoms with Crippen LogP contribution in [0.1, 0.15) is 51.5 Å². The highest BCUT2D eigenvalue weighted by Gasteiger charge is 2.42. The Morgan fingerprint density at radius 1 is 0.980 bits per heavy atom. The van der Waals surface area contributed by atoms with Gasteiger partial charge in [-0.1, -0.05) is 17.7 Å². The number of nitrogens with zero attached hydrogens (tertiary/aromatic N) is 11. The molecule has 1 N–H and O–H groups in total. The molecule has 16 heteroatoms. The predicted octanol–water partition coefficient (Wildman–Crippen LogP) is 4.81. The number of ether oxygens (including phenoxy) is 3. The predicted molar refractivity (Wildman–Crippen MR) is 184 cm³/mol. The van der Waals surface area contributed by atoms with Gasteiger partial charge in [-0.15, -0.1) is 10.2 Å². The second-order valence-electron chi connectivity index (χ2n) is 13.3. The topological polar surface area (TPSA) is 148 Å². The highest BCUT2D eigenvalue weighted by Crippen LogP contribution is 2.39. The van der Waals surface area contributed by atoms with E-state index in [0.29, 0.717) is 66.5 Å². The highest BCUT2D eigenvalue weighted by molar-refractivity contribution is 6.32. The van der Waals surface area contributed by atoms with E-state index in [9.17, 15) is 0 Å². The SMILES string of the molecule is CC(Cn1cnnn1)Oc1cc(-c2cnc(Nc3cn(C4CCC(N5[C@@H]6CC[C@H]5COC6)CC4)nc3OCCn3cccn3)nc2)ccc1Cl. The Bertz CT molecular complexity index is 1810. The zero-order chi connectivity index (χ0) is 33.9. The Morgan fingerprint density at radius 3 is 2.50 bits per heavy atom. The fraction of sp³-hybridized carbons (Fsp3) is 0.500. The van der Waals surface area contributed by atoms with Crippen LogP contribution in [0.5, 0.6) is 11.6 Å². The molecule has 5 aromatic rings. The Kier molecular flexibility index (Phi) is 9.59. The third kappa shape index (κ3) is 7.30. The molecule has 3 aliphatic rings. The van der Waals surface area contributed by atoms with Crippen molar-refractivity contribution in [2.24, 2.45) is 0 Å². The van der Waals surface area contributed by atoms with Crippen molar-refractivity contribution in [3.05, 3.63) is 66.6 Å². The molecule has 2 bridgehead atoms. The van der Waals surface area contributed by atoms with Crippen molar-refractivity contribution >= 4 is 23.2 Å². The number of fused-ring (bicyclic) bond motifs is 2. The maximum atomic E-state index is 6.48. The molecular weight excluding hydrogens is 660 g/mol. The third-order valence-corrected chi connectivity index (χ3v) is 10.2. The molecule has 15 nitrogen and oxygen atoms in total. The molecule has 1 saturated carbocycles. The molecule has 2 saturated heterocycles. The Balaban J connectivity index is 0.946. The lowest BCUT2D eigenvalue weighted by Gasteiger charge is -2.43. The van der Waals surface area contributed by atoms with Crippen molar-refractivity contribution in [1.29, 1.82) is 0 Å². The normalized spacial score (nSPS) is 22.8. The lowest BCUT2D eigenvalue weighted by Crippen LogP contribution is -2.52. The Morgan fingerprint density at radius 2 is 1.76 bits per heavy atom. The smallest absolute Gasteiger partial charge is 0.257 e. The minimum absolute atomic E-state index is 0.208. The zero-order valence-corrected chi connectivity index (χ0v) is 28.7. The van der Waals surface area contributed by atoms with Gasteiger partial charge in [0, 0.05) is 48.5 Å². The van der Waals surface area contributed by atoms with E-state index in [-0.39, 0.29) is 6.10 Å². The summed E-state index contributed by atoms with van der Waals surface area (Å²) in [6.07, 6.45) is 17.6. The maximum Gasteiger partial charge on any atom is 0.257 e. The first-order valence-corrected chi connectivity index (χ1v) is 17.7. The van der Waals surface area contributed by atoms with Crippen molar-refractivity contribution in [2.75, 3.05) is 25.1 Å². The van der Waals surface area contributed by atoms with Crippen LogP contribution in [0, 0.1) is 0 Å². The van der Waals surface area contributed by atoms with Crippen molar-refractivity contribution in [3.8, 4) is 22.8 Å². The van der Waals surface area contributed by atoms with Crippen LogP contribution in [0.2, 0.25) is 5.02 Å². The summed E-state index contributed by atoms with van der Waals surface area (Å²) >= 11 is 6.48. The van der Waals surface area contributed by atoms with Gasteiger partial charge in [-0.2, -0.15) is 5.10 Å². The number of benzene rings is 1. The van der Waals surface area contributed by atoms with Crippen molar-refractivity contribution in [3.63, 3.8) is 0 Å². The van der Waals surface area contributed by atoms with Crippen molar-refractivity contribution < 1.29 is 14.2 Å². The molecule has 3 fully saturated rings. The Labute approximate surface area is 294 Å². The molecule has 1 aromatic carbocycles. The van der Waals surface area contributed by atoms with Gasteiger partial charge in [0.05, 0.1) is 43.6 Å². The second-order valence-corrected chi connectivity index (χ2v) is 13.7. The van der Waals surface area contributed by atoms with Crippen LogP contribution in [0.15, 0.2) is 61.6 Å². The molecule has 50 heavy (non-hydrogen) atoms. The summed E-state index contributed by atoms with van der Waals surface area (Å²) in [5, 5.41) is 24.3. The van der Waals surface area contributed by atoms with Gasteiger partial charge in [0.2, 0.25) is 5.95 Å². The standard InChI is InChI=1S/C34H41ClN12O3/c1-23(18-45-22-38-42-43-45)50-32-15-24(3-10-30(32)35)25-16-36-34(37-17-25)40-31-19-46(41-33(31)49-14-13-44-12-2-11-39-44)26-4-6-27(7-5-26)47-28-8-9-29(47)21-48-20-28/h2-3,10-12,15-17,19,22-23,26-29H,4-9,13-14,18,20-21H2,1H3,(H,36,37,40)/t23?,26?,27?,28-,29+. The largest absolute Gasteiger partial charge is 0.487 e. The molecule has 1 aliphatic carbocycles. The quantitative estimate of drug-likeness (QED) is 0.180. The summed E-state index contributed by atoms with van der Waals surface area (Å²) in [6, 6.07) is 9.62. The van der Waals surface area contributed by atoms with E-state index in [4.69, 9.17) is 30.9 Å². The van der Waals surface area contributed by atoms with Crippen LogP contribution in [-0.2, 0) is 17.8 Å². The summed E-state index contributed by atoms with van der Waals surface area (Å²) in [6.45, 7) is 5.22. The molecule has 8 rings (SSSR count). The molecule has 0 radical (unpaired) electrons. The van der Waals surface area contributed by atoms with E-state index in [0.717, 1.165) is 55.7 Å². The number of hydrogen-bond donors (Lipinski definition) is 1. The van der Waals surface area contributed by atoms with Crippen LogP contribution in [0.4, 0.5) is 11.6 Å². The molecule has 262 valence electrons. The van der Waals surface area contributed by atoms with Gasteiger partial charge in [0.1, 0.15) is 30.5 Å². The van der Waals surface area contributed by atoms with E-state index in [1.54, 1.807) is 29.6 Å². The summed E-state index contributed by atoms with van der Waals surface area (Å²) in [4.78, 5) is 12.0. The zero-order valence-electron chi connectivity index (χ0n) is 28.0. The van der Waals surface area contributed by atoms with Gasteiger partial charge in [-0.25, -0.2) is 14.6 Å². The lowest BCUT2D eigenvalue weighted by atomic mass is 9.89. The number of morpholine rings is 1. The van der Waals surface area contributed by atoms with Gasteiger partial charge < -0.3 is 19.5 Å². The molecule has 3 atom stereocenters. The number of rotatable bonds is 13. The minimum Gasteiger partial charge on any atom is -0.487 e. The van der Waals surface area contributed by atoms with E-state index < -0.39 is 0 Å². The van der Waals surface area contributed by atoms with E-state index in [2.05, 4.69) is 45.5 Å². The van der Waals surface area contributed by atoms with E-state index in [1.807, 2.05) is 48.3 Å². The number of halogens is 1. The number of hydrogen-bond acceptors (Lipinski definition) is 12. The van der Waals surface area contributed by atoms with Crippen LogP contribution < -0.4 is 14.8 Å². The van der Waals surface area contributed by atoms with Crippen LogP contribution >= 0.6 is 11.6 Å². The second kappa shape index (κ2) is 14.7. The first-order chi connectivity index (χ1) is 24.6. The first-order valence-electron chi connectivity index (χ1n) is 17.4. The third-order valence-electron chi connectivity index (χ3n) is 9.90. The minimum atomic E-state index is -0.208. The maximum absolute atomic E-state index is 6.48. The van der Waals surface area contributed by atoms with Crippen LogP contribution in [-0.4, -0.2) is 98.7 Å². The van der Waals surface area contributed by atoms with Gasteiger partial charge in [0.15, 0.2) is 0 Å². The first kappa shape index (κ1) is 32.6. The van der Waals surface area contributed by atoms with Crippen LogP contribution in [0.3, 0.4) is 0 Å². The van der Waals surface area contributed by atoms with Gasteiger partial charge in [0.25, 0.3) is 5.88 Å². The average Bonchev–Trinajstić information content (AvgIpc) is 3.96. The molecule has 0 amide bonds. The van der Waals surface area contributed by atoms with E-state index >= 15 is 0 Å². The monoisotopic (exact) mass is 700 g/mol. The van der Waals surface area contributed by atoms with Crippen LogP contribution in [0.25, 0.3) is 11.1 Å². The number of nitrogens with one attached hydrogen (secondary N) is 1. The molecular formula is C34H41ClN12O3. The van der Waals surface area contributed by atoms with Gasteiger partial charge in [-0.3, -0.25) is 14.3 Å². The molecule has 6 heterocycles. The summed E-state index contributed by atoms with van der Waals surface area (Å²) in [5.74, 6) is 1.52. The van der Waals surface area contributed by atoms with Crippen molar-refractivity contribution in [2.45, 2.75) is 88.8 Å². The number of anilines is 2. The molecule has 0 spiro atoms. The summed E-state index contributed by atoms with van der Waals surface area (Å²) in [7, 11) is 0. The van der Waals surface area contributed by atoms with E-state index in [1.165, 1.54) is 12.8 Å². The van der Waals surface area contributed by atoms with Gasteiger partial charge in [-0.05, 0) is 79.6 Å². The Hall–Kier alpha value is -4.60. The molecule has 1 unspecified atom stereocenters. The fourth-order valence-electron chi connectivity index (χ4n) is 7.52. The lowest BCUT2D eigenvalue weighted by molar-refractivity contribution is -0.0458. The highest BCUT2D eigenvalue weighted by atomic mass is 35.5. The molecule has 2 aliphatic heterocycles.